The molecule has 9 heteroatoms. The molecular weight excluding hydrogens is 502 g/mol. The lowest BCUT2D eigenvalue weighted by Gasteiger charge is -2.28. The monoisotopic (exact) mass is 531 g/mol. The van der Waals surface area contributed by atoms with Crippen LogP contribution in [-0.4, -0.2) is 29.3 Å². The molecule has 190 valence electrons. The van der Waals surface area contributed by atoms with Crippen molar-refractivity contribution >= 4 is 38.7 Å². The Labute approximate surface area is 223 Å². The van der Waals surface area contributed by atoms with Gasteiger partial charge < -0.3 is 14.8 Å². The van der Waals surface area contributed by atoms with Crippen LogP contribution in [0.5, 0.6) is 0 Å². The lowest BCUT2D eigenvalue weighted by molar-refractivity contribution is 0.563. The van der Waals surface area contributed by atoms with Gasteiger partial charge in [-0.05, 0) is 79.7 Å². The van der Waals surface area contributed by atoms with Crippen molar-refractivity contribution in [1.82, 2.24) is 14.9 Å². The zero-order valence-electron chi connectivity index (χ0n) is 20.9. The van der Waals surface area contributed by atoms with Crippen molar-refractivity contribution in [3.8, 4) is 0 Å². The molecule has 0 saturated carbocycles. The summed E-state index contributed by atoms with van der Waals surface area (Å²) in [5, 5.41) is 4.09. The van der Waals surface area contributed by atoms with Crippen LogP contribution < -0.4 is 14.9 Å². The predicted molar refractivity (Wildman–Crippen MR) is 152 cm³/mol. The van der Waals surface area contributed by atoms with Crippen LogP contribution in [0.2, 0.25) is 0 Å². The third-order valence-electron chi connectivity index (χ3n) is 6.66. The molecule has 5 rings (SSSR count). The van der Waals surface area contributed by atoms with E-state index in [1.54, 1.807) is 18.3 Å². The number of benzene rings is 2. The van der Waals surface area contributed by atoms with E-state index in [2.05, 4.69) is 68.7 Å². The summed E-state index contributed by atoms with van der Waals surface area (Å²) >= 11 is 5.85. The van der Waals surface area contributed by atoms with Crippen molar-refractivity contribution in [1.29, 1.82) is 0 Å². The molecule has 2 N–H and O–H groups in total. The lowest BCUT2D eigenvalue weighted by Crippen LogP contribution is -2.29. The van der Waals surface area contributed by atoms with Crippen molar-refractivity contribution < 1.29 is 8.42 Å². The van der Waals surface area contributed by atoms with Crippen molar-refractivity contribution in [2.45, 2.75) is 32.5 Å². The van der Waals surface area contributed by atoms with Gasteiger partial charge in [0.25, 0.3) is 0 Å². The number of hydrogen-bond acceptors (Lipinski definition) is 4. The van der Waals surface area contributed by atoms with Crippen molar-refractivity contribution in [2.24, 2.45) is 0 Å². The second-order valence-electron chi connectivity index (χ2n) is 9.32. The number of thiocarbonyl (C=S) groups is 1. The third kappa shape index (κ3) is 5.23. The van der Waals surface area contributed by atoms with Gasteiger partial charge in [-0.25, -0.2) is 8.42 Å². The Morgan fingerprint density at radius 1 is 1.00 bits per heavy atom. The fourth-order valence-electron chi connectivity index (χ4n) is 4.99. The largest absolute Gasteiger partial charge is 0.351 e. The SMILES string of the molecule is Cc1cc([C@@H]2[C@H](c3ccccn3)NC(=S)N2c2ccc(NS(C)(=O)=O)cc2)c(C)n1Cc1ccccc1. The first kappa shape index (κ1) is 25.0. The molecule has 0 unspecified atom stereocenters. The highest BCUT2D eigenvalue weighted by Gasteiger charge is 2.42. The Balaban J connectivity index is 1.58. The quantitative estimate of drug-likeness (QED) is 0.323. The molecule has 1 fully saturated rings. The van der Waals surface area contributed by atoms with Crippen molar-refractivity contribution in [2.75, 3.05) is 15.9 Å². The minimum absolute atomic E-state index is 0.146. The zero-order valence-corrected chi connectivity index (χ0v) is 22.6. The number of aryl methyl sites for hydroxylation is 1. The second kappa shape index (κ2) is 9.99. The number of hydrogen-bond donors (Lipinski definition) is 2. The minimum Gasteiger partial charge on any atom is -0.351 e. The van der Waals surface area contributed by atoms with Gasteiger partial charge in [0.1, 0.15) is 0 Å². The summed E-state index contributed by atoms with van der Waals surface area (Å²) < 4.78 is 28.2. The van der Waals surface area contributed by atoms with E-state index in [1.807, 2.05) is 36.4 Å². The average molecular weight is 532 g/mol. The number of rotatable bonds is 7. The molecule has 2 atom stereocenters. The molecule has 0 aliphatic carbocycles. The maximum Gasteiger partial charge on any atom is 0.229 e. The van der Waals surface area contributed by atoms with E-state index in [9.17, 15) is 8.42 Å². The number of pyridine rings is 1. The number of sulfonamides is 1. The van der Waals surface area contributed by atoms with Gasteiger partial charge >= 0.3 is 0 Å². The summed E-state index contributed by atoms with van der Waals surface area (Å²) in [6.45, 7) is 5.06. The van der Waals surface area contributed by atoms with Crippen molar-refractivity contribution in [3.05, 3.63) is 113 Å². The Morgan fingerprint density at radius 2 is 1.70 bits per heavy atom. The highest BCUT2D eigenvalue weighted by atomic mass is 32.2. The molecule has 4 aromatic rings. The Morgan fingerprint density at radius 3 is 2.35 bits per heavy atom. The van der Waals surface area contributed by atoms with Gasteiger partial charge in [0.05, 0.1) is 24.0 Å². The first-order valence-electron chi connectivity index (χ1n) is 12.0. The van der Waals surface area contributed by atoms with Crippen molar-refractivity contribution in [3.63, 3.8) is 0 Å². The van der Waals surface area contributed by atoms with Gasteiger partial charge in [0, 0.05) is 35.5 Å². The normalized spacial score (nSPS) is 17.6. The summed E-state index contributed by atoms with van der Waals surface area (Å²) in [7, 11) is -3.36. The predicted octanol–water partition coefficient (Wildman–Crippen LogP) is 5.10. The van der Waals surface area contributed by atoms with Crippen LogP contribution in [0.25, 0.3) is 0 Å². The first-order valence-corrected chi connectivity index (χ1v) is 14.3. The van der Waals surface area contributed by atoms with Gasteiger partial charge in [0.2, 0.25) is 10.0 Å². The first-order chi connectivity index (χ1) is 17.7. The number of aromatic nitrogens is 2. The fourth-order valence-corrected chi connectivity index (χ4v) is 5.90. The minimum atomic E-state index is -3.36. The molecule has 0 radical (unpaired) electrons. The molecule has 1 saturated heterocycles. The highest BCUT2D eigenvalue weighted by Crippen LogP contribution is 2.43. The fraction of sp³-hybridized carbons (Fsp3) is 0.214. The molecule has 7 nitrogen and oxygen atoms in total. The molecule has 0 amide bonds. The van der Waals surface area contributed by atoms with E-state index < -0.39 is 10.0 Å². The van der Waals surface area contributed by atoms with Gasteiger partial charge in [-0.2, -0.15) is 0 Å². The van der Waals surface area contributed by atoms with Crippen LogP contribution in [0.1, 0.15) is 40.3 Å². The molecule has 37 heavy (non-hydrogen) atoms. The van der Waals surface area contributed by atoms with E-state index in [0.717, 1.165) is 29.7 Å². The second-order valence-corrected chi connectivity index (χ2v) is 11.5. The summed E-state index contributed by atoms with van der Waals surface area (Å²) in [5.41, 5.74) is 7.01. The Bertz CT molecular complexity index is 1520. The smallest absolute Gasteiger partial charge is 0.229 e. The van der Waals surface area contributed by atoms with Gasteiger partial charge in [0.15, 0.2) is 5.11 Å². The topological polar surface area (TPSA) is 79.3 Å². The van der Waals surface area contributed by atoms with Crippen LogP contribution in [-0.2, 0) is 16.6 Å². The zero-order chi connectivity index (χ0) is 26.2. The molecule has 1 aliphatic rings. The van der Waals surface area contributed by atoms with E-state index >= 15 is 0 Å². The van der Waals surface area contributed by atoms with Gasteiger partial charge in [-0.3, -0.25) is 9.71 Å². The maximum atomic E-state index is 11.7. The summed E-state index contributed by atoms with van der Waals surface area (Å²) in [6.07, 6.45) is 2.93. The molecule has 3 heterocycles. The Hall–Kier alpha value is -3.69. The summed E-state index contributed by atoms with van der Waals surface area (Å²) in [4.78, 5) is 6.75. The van der Waals surface area contributed by atoms with E-state index in [1.165, 1.54) is 17.0 Å². The molecule has 1 aliphatic heterocycles. The van der Waals surface area contributed by atoms with E-state index in [4.69, 9.17) is 12.2 Å². The van der Waals surface area contributed by atoms with E-state index in [-0.39, 0.29) is 12.1 Å². The maximum absolute atomic E-state index is 11.7. The van der Waals surface area contributed by atoms with Crippen LogP contribution in [0.15, 0.2) is 85.1 Å². The molecule has 2 aromatic carbocycles. The summed E-state index contributed by atoms with van der Waals surface area (Å²) in [5.74, 6) is 0. The van der Waals surface area contributed by atoms with Crippen LogP contribution >= 0.6 is 12.2 Å². The standard InChI is InChI=1S/C28H29N5O2S2/c1-19-17-24(20(2)32(19)18-21-9-5-4-6-10-21)27-26(25-11-7-8-16-29-25)30-28(36)33(27)23-14-12-22(13-15-23)31-37(3,34)35/h4-17,26-27,31H,18H2,1-3H3,(H,30,36)/t26-,27+/m0/s1. The molecule has 0 bridgehead atoms. The molecular formula is C28H29N5O2S2. The number of nitrogens with zero attached hydrogens (tertiary/aromatic N) is 3. The van der Waals surface area contributed by atoms with E-state index in [0.29, 0.717) is 10.8 Å². The van der Waals surface area contributed by atoms with Crippen LogP contribution in [0.3, 0.4) is 0 Å². The third-order valence-corrected chi connectivity index (χ3v) is 7.58. The van der Waals surface area contributed by atoms with Crippen LogP contribution in [0.4, 0.5) is 11.4 Å². The summed E-state index contributed by atoms with van der Waals surface area (Å²) in [6, 6.07) is 25.5. The average Bonchev–Trinajstić information content (AvgIpc) is 3.36. The Kier molecular flexibility index (Phi) is 6.74. The number of nitrogens with one attached hydrogen (secondary N) is 2. The highest BCUT2D eigenvalue weighted by molar-refractivity contribution is 7.92. The molecule has 2 aromatic heterocycles. The van der Waals surface area contributed by atoms with Gasteiger partial charge in [-0.15, -0.1) is 0 Å². The molecule has 0 spiro atoms. The van der Waals surface area contributed by atoms with Crippen LogP contribution in [0, 0.1) is 13.8 Å². The lowest BCUT2D eigenvalue weighted by atomic mass is 9.96. The van der Waals surface area contributed by atoms with Gasteiger partial charge in [-0.1, -0.05) is 36.4 Å². The number of anilines is 2.